The normalized spacial score (nSPS) is 10.3. The molecule has 0 aliphatic rings. The zero-order valence-corrected chi connectivity index (χ0v) is 15.2. The number of rotatable bonds is 10. The van der Waals surface area contributed by atoms with E-state index in [0.29, 0.717) is 37.6 Å². The van der Waals surface area contributed by atoms with Crippen molar-refractivity contribution >= 4 is 5.97 Å². The van der Waals surface area contributed by atoms with Crippen molar-refractivity contribution in [3.63, 3.8) is 0 Å². The van der Waals surface area contributed by atoms with E-state index in [2.05, 4.69) is 16.1 Å². The summed E-state index contributed by atoms with van der Waals surface area (Å²) in [6.45, 7) is 4.88. The van der Waals surface area contributed by atoms with Gasteiger partial charge in [-0.2, -0.15) is 5.10 Å². The first-order valence-corrected chi connectivity index (χ1v) is 8.59. The minimum absolute atomic E-state index is 0.135. The van der Waals surface area contributed by atoms with Crippen molar-refractivity contribution in [3.05, 3.63) is 40.7 Å². The fourth-order valence-electron chi connectivity index (χ4n) is 2.61. The molecule has 1 aromatic carbocycles. The number of aryl methyl sites for hydroxylation is 2. The van der Waals surface area contributed by atoms with Crippen LogP contribution >= 0.6 is 0 Å². The van der Waals surface area contributed by atoms with Crippen LogP contribution in [-0.2, 0) is 6.42 Å². The topological polar surface area (TPSA) is 84.4 Å². The van der Waals surface area contributed by atoms with E-state index >= 15 is 0 Å². The molecule has 0 saturated carbocycles. The molecule has 0 saturated heterocycles. The van der Waals surface area contributed by atoms with Crippen LogP contribution in [0.25, 0.3) is 0 Å². The molecule has 0 spiro atoms. The number of aromatic carboxylic acids is 1. The average Bonchev–Trinajstić information content (AvgIpc) is 2.94. The molecule has 138 valence electrons. The summed E-state index contributed by atoms with van der Waals surface area (Å²) >= 11 is 0. The summed E-state index contributed by atoms with van der Waals surface area (Å²) in [6, 6.07) is 4.70. The van der Waals surface area contributed by atoms with Gasteiger partial charge in [0.1, 0.15) is 11.5 Å². The highest BCUT2D eigenvalue weighted by atomic mass is 16.5. The number of carboxylic acids is 1. The number of hydrogen-bond acceptors (Lipinski definition) is 4. The standard InChI is InChI=1S/C20H24N2O4/c1-4-5-6-9-25-17-11-16(20(23)24)12-18(13-17)26-10-7-8-19-14(2)21-22-15(19)3/h1,11-13H,5-10H2,2-3H3,(H,21,22)(H,23,24). The number of nitrogens with one attached hydrogen (secondary N) is 1. The third kappa shape index (κ3) is 5.55. The molecule has 2 N–H and O–H groups in total. The molecule has 1 heterocycles. The molecule has 0 aliphatic carbocycles. The van der Waals surface area contributed by atoms with Crippen molar-refractivity contribution in [1.29, 1.82) is 0 Å². The van der Waals surface area contributed by atoms with Gasteiger partial charge in [0.15, 0.2) is 0 Å². The van der Waals surface area contributed by atoms with Gasteiger partial charge < -0.3 is 14.6 Å². The van der Waals surface area contributed by atoms with E-state index in [1.807, 2.05) is 13.8 Å². The Morgan fingerprint density at radius 1 is 1.19 bits per heavy atom. The number of aromatic nitrogens is 2. The van der Waals surface area contributed by atoms with Crippen LogP contribution in [0.5, 0.6) is 11.5 Å². The van der Waals surface area contributed by atoms with Gasteiger partial charge in [-0.05, 0) is 50.8 Å². The molecule has 2 aromatic rings. The van der Waals surface area contributed by atoms with E-state index in [-0.39, 0.29) is 5.56 Å². The Hall–Kier alpha value is -2.94. The first-order valence-electron chi connectivity index (χ1n) is 8.59. The van der Waals surface area contributed by atoms with Gasteiger partial charge in [-0.15, -0.1) is 12.3 Å². The number of benzene rings is 1. The summed E-state index contributed by atoms with van der Waals surface area (Å²) in [5.74, 6) is 2.48. The summed E-state index contributed by atoms with van der Waals surface area (Å²) in [7, 11) is 0. The number of H-pyrrole nitrogens is 1. The average molecular weight is 356 g/mol. The molecule has 1 aromatic heterocycles. The van der Waals surface area contributed by atoms with Crippen LogP contribution < -0.4 is 9.47 Å². The summed E-state index contributed by atoms with van der Waals surface area (Å²) in [5, 5.41) is 16.4. The highest BCUT2D eigenvalue weighted by molar-refractivity contribution is 5.88. The molecule has 6 heteroatoms. The Kier molecular flexibility index (Phi) is 7.10. The molecule has 0 radical (unpaired) electrons. The lowest BCUT2D eigenvalue weighted by Gasteiger charge is -2.11. The van der Waals surface area contributed by atoms with Crippen LogP contribution in [0.2, 0.25) is 0 Å². The fraction of sp³-hybridized carbons (Fsp3) is 0.400. The number of hydrogen-bond donors (Lipinski definition) is 2. The van der Waals surface area contributed by atoms with E-state index in [1.165, 1.54) is 17.7 Å². The third-order valence-corrected chi connectivity index (χ3v) is 3.98. The van der Waals surface area contributed by atoms with Gasteiger partial charge in [-0.3, -0.25) is 5.10 Å². The maximum atomic E-state index is 11.3. The SMILES string of the molecule is C#CCCCOc1cc(OCCCc2c(C)n[nH]c2C)cc(C(=O)O)c1. The van der Waals surface area contributed by atoms with Gasteiger partial charge in [0.2, 0.25) is 0 Å². The lowest BCUT2D eigenvalue weighted by atomic mass is 10.1. The van der Waals surface area contributed by atoms with Crippen LogP contribution in [0, 0.1) is 26.2 Å². The van der Waals surface area contributed by atoms with Crippen molar-refractivity contribution in [1.82, 2.24) is 10.2 Å². The van der Waals surface area contributed by atoms with E-state index in [0.717, 1.165) is 24.2 Å². The van der Waals surface area contributed by atoms with Gasteiger partial charge in [-0.1, -0.05) is 0 Å². The molecule has 2 rings (SSSR count). The quantitative estimate of drug-likeness (QED) is 0.502. The Morgan fingerprint density at radius 2 is 1.85 bits per heavy atom. The molecule has 0 bridgehead atoms. The van der Waals surface area contributed by atoms with Crippen LogP contribution in [-0.4, -0.2) is 34.5 Å². The Balaban J connectivity index is 1.93. The summed E-state index contributed by atoms with van der Waals surface area (Å²) in [6.07, 6.45) is 8.20. The summed E-state index contributed by atoms with van der Waals surface area (Å²) in [4.78, 5) is 11.3. The van der Waals surface area contributed by atoms with Gasteiger partial charge >= 0.3 is 5.97 Å². The second-order valence-electron chi connectivity index (χ2n) is 6.02. The Labute approximate surface area is 153 Å². The third-order valence-electron chi connectivity index (χ3n) is 3.98. The molecule has 0 amide bonds. The first-order chi connectivity index (χ1) is 12.5. The fourth-order valence-corrected chi connectivity index (χ4v) is 2.61. The maximum Gasteiger partial charge on any atom is 0.335 e. The van der Waals surface area contributed by atoms with Crippen molar-refractivity contribution in [2.45, 2.75) is 39.5 Å². The van der Waals surface area contributed by atoms with Gasteiger partial charge in [0.05, 0.1) is 24.5 Å². The number of aromatic amines is 1. The maximum absolute atomic E-state index is 11.3. The largest absolute Gasteiger partial charge is 0.493 e. The number of terminal acetylenes is 1. The van der Waals surface area contributed by atoms with Crippen molar-refractivity contribution in [2.75, 3.05) is 13.2 Å². The van der Waals surface area contributed by atoms with Crippen LogP contribution in [0.1, 0.15) is 46.6 Å². The smallest absolute Gasteiger partial charge is 0.335 e. The van der Waals surface area contributed by atoms with E-state index in [4.69, 9.17) is 15.9 Å². The zero-order valence-electron chi connectivity index (χ0n) is 15.2. The predicted octanol–water partition coefficient (Wildman–Crippen LogP) is 3.53. The van der Waals surface area contributed by atoms with Crippen molar-refractivity contribution in [3.8, 4) is 23.8 Å². The van der Waals surface area contributed by atoms with Gasteiger partial charge in [-0.25, -0.2) is 4.79 Å². The number of ether oxygens (including phenoxy) is 2. The van der Waals surface area contributed by atoms with Crippen LogP contribution in [0.15, 0.2) is 18.2 Å². The second-order valence-corrected chi connectivity index (χ2v) is 6.02. The Bertz CT molecular complexity index is 770. The minimum Gasteiger partial charge on any atom is -0.493 e. The van der Waals surface area contributed by atoms with Crippen LogP contribution in [0.4, 0.5) is 0 Å². The summed E-state index contributed by atoms with van der Waals surface area (Å²) < 4.78 is 11.3. The molecule has 6 nitrogen and oxygen atoms in total. The number of nitrogens with zero attached hydrogens (tertiary/aromatic N) is 1. The van der Waals surface area contributed by atoms with Gasteiger partial charge in [0.25, 0.3) is 0 Å². The van der Waals surface area contributed by atoms with Gasteiger partial charge in [0, 0.05) is 18.2 Å². The minimum atomic E-state index is -1.02. The summed E-state index contributed by atoms with van der Waals surface area (Å²) in [5.41, 5.74) is 3.40. The lowest BCUT2D eigenvalue weighted by Crippen LogP contribution is -2.04. The van der Waals surface area contributed by atoms with E-state index < -0.39 is 5.97 Å². The van der Waals surface area contributed by atoms with Crippen LogP contribution in [0.3, 0.4) is 0 Å². The van der Waals surface area contributed by atoms with E-state index in [1.54, 1.807) is 6.07 Å². The number of carbonyl (C=O) groups is 1. The molecule has 0 aliphatic heterocycles. The van der Waals surface area contributed by atoms with E-state index in [9.17, 15) is 9.90 Å². The van der Waals surface area contributed by atoms with Crippen molar-refractivity contribution < 1.29 is 19.4 Å². The zero-order chi connectivity index (χ0) is 18.9. The monoisotopic (exact) mass is 356 g/mol. The molecular weight excluding hydrogens is 332 g/mol. The second kappa shape index (κ2) is 9.52. The molecular formula is C20H24N2O4. The predicted molar refractivity (Wildman–Crippen MR) is 98.8 cm³/mol. The highest BCUT2D eigenvalue weighted by Gasteiger charge is 2.10. The molecule has 26 heavy (non-hydrogen) atoms. The highest BCUT2D eigenvalue weighted by Crippen LogP contribution is 2.24. The lowest BCUT2D eigenvalue weighted by molar-refractivity contribution is 0.0695. The molecule has 0 atom stereocenters. The first kappa shape index (κ1) is 19.4. The molecule has 0 fully saturated rings. The Morgan fingerprint density at radius 3 is 2.38 bits per heavy atom. The number of carboxylic acid groups (broad SMARTS) is 1. The number of unbranched alkanes of at least 4 members (excludes halogenated alkanes) is 1. The molecule has 0 unspecified atom stereocenters. The van der Waals surface area contributed by atoms with Crippen molar-refractivity contribution in [2.24, 2.45) is 0 Å².